The van der Waals surface area contributed by atoms with Gasteiger partial charge in [0.1, 0.15) is 18.5 Å². The molecule has 5 heteroatoms. The Morgan fingerprint density at radius 3 is 2.43 bits per heavy atom. The summed E-state index contributed by atoms with van der Waals surface area (Å²) in [5, 5.41) is 17.8. The van der Waals surface area contributed by atoms with Crippen LogP contribution in [0.2, 0.25) is 0 Å². The average molecular weight is 380 g/mol. The number of aryl methyl sites for hydroxylation is 3. The molecule has 3 rings (SSSR count). The van der Waals surface area contributed by atoms with Crippen LogP contribution in [0.25, 0.3) is 11.1 Å². The van der Waals surface area contributed by atoms with E-state index in [0.717, 1.165) is 36.5 Å². The molecular formula is C23H29N3O2. The van der Waals surface area contributed by atoms with Gasteiger partial charge in [0.15, 0.2) is 0 Å². The van der Waals surface area contributed by atoms with Crippen molar-refractivity contribution in [3.63, 3.8) is 0 Å². The van der Waals surface area contributed by atoms with Gasteiger partial charge in [-0.2, -0.15) is 5.10 Å². The smallest absolute Gasteiger partial charge is 0.119 e. The van der Waals surface area contributed by atoms with Gasteiger partial charge in [0.05, 0.1) is 5.69 Å². The molecule has 0 amide bonds. The fourth-order valence-electron chi connectivity index (χ4n) is 3.15. The van der Waals surface area contributed by atoms with E-state index in [1.165, 1.54) is 11.3 Å². The molecule has 2 aromatic carbocycles. The Kier molecular flexibility index (Phi) is 7.23. The summed E-state index contributed by atoms with van der Waals surface area (Å²) in [6.45, 7) is 6.58. The highest BCUT2D eigenvalue weighted by Crippen LogP contribution is 2.22. The summed E-state index contributed by atoms with van der Waals surface area (Å²) in [7, 11) is 0. The van der Waals surface area contributed by atoms with E-state index in [2.05, 4.69) is 35.5 Å². The lowest BCUT2D eigenvalue weighted by molar-refractivity contribution is 0.106. The van der Waals surface area contributed by atoms with Crippen molar-refractivity contribution in [2.75, 3.05) is 19.7 Å². The molecule has 1 heterocycles. The molecule has 1 aromatic heterocycles. The van der Waals surface area contributed by atoms with Gasteiger partial charge in [0.2, 0.25) is 0 Å². The third kappa shape index (κ3) is 5.94. The SMILES string of the molecule is Cc1cc(C)n(CCCNCC(O)COc2ccc(-c3ccccc3)cc2)n1. The van der Waals surface area contributed by atoms with Crippen LogP contribution in [-0.4, -0.2) is 40.7 Å². The highest BCUT2D eigenvalue weighted by molar-refractivity contribution is 5.63. The topological polar surface area (TPSA) is 59.3 Å². The first-order valence-corrected chi connectivity index (χ1v) is 9.80. The van der Waals surface area contributed by atoms with Crippen LogP contribution < -0.4 is 10.1 Å². The van der Waals surface area contributed by atoms with Gasteiger partial charge in [-0.3, -0.25) is 4.68 Å². The molecule has 3 aromatic rings. The predicted octanol–water partition coefficient (Wildman–Crippen LogP) is 3.59. The fraction of sp³-hybridized carbons (Fsp3) is 0.348. The minimum absolute atomic E-state index is 0.273. The molecule has 5 nitrogen and oxygen atoms in total. The molecule has 0 fully saturated rings. The zero-order chi connectivity index (χ0) is 19.8. The molecule has 0 saturated carbocycles. The predicted molar refractivity (Wildman–Crippen MR) is 113 cm³/mol. The van der Waals surface area contributed by atoms with Gasteiger partial charge in [-0.05, 0) is 56.1 Å². The molecular weight excluding hydrogens is 350 g/mol. The van der Waals surface area contributed by atoms with Gasteiger partial charge < -0.3 is 15.2 Å². The van der Waals surface area contributed by atoms with Gasteiger partial charge >= 0.3 is 0 Å². The second-order valence-corrected chi connectivity index (χ2v) is 7.06. The Morgan fingerprint density at radius 2 is 1.75 bits per heavy atom. The standard InChI is InChI=1S/C23H29N3O2/c1-18-15-19(2)26(25-18)14-6-13-24-16-22(27)17-28-23-11-9-21(10-12-23)20-7-4-3-5-8-20/h3-5,7-12,15,22,24,27H,6,13-14,16-17H2,1-2H3. The van der Waals surface area contributed by atoms with E-state index in [1.807, 2.05) is 54.1 Å². The van der Waals surface area contributed by atoms with Gasteiger partial charge in [0, 0.05) is 18.8 Å². The number of rotatable bonds is 10. The number of nitrogens with zero attached hydrogens (tertiary/aromatic N) is 2. The number of aliphatic hydroxyl groups is 1. The Bertz CT molecular complexity index is 844. The summed E-state index contributed by atoms with van der Waals surface area (Å²) in [5.74, 6) is 0.767. The molecule has 0 saturated heterocycles. The van der Waals surface area contributed by atoms with Crippen LogP contribution >= 0.6 is 0 Å². The van der Waals surface area contributed by atoms with E-state index < -0.39 is 6.10 Å². The van der Waals surface area contributed by atoms with E-state index in [-0.39, 0.29) is 6.61 Å². The third-order valence-corrected chi connectivity index (χ3v) is 4.61. The molecule has 1 atom stereocenters. The highest BCUT2D eigenvalue weighted by atomic mass is 16.5. The van der Waals surface area contributed by atoms with Crippen molar-refractivity contribution in [2.45, 2.75) is 32.9 Å². The molecule has 0 radical (unpaired) electrons. The Hall–Kier alpha value is -2.63. The molecule has 0 spiro atoms. The monoisotopic (exact) mass is 379 g/mol. The van der Waals surface area contributed by atoms with Gasteiger partial charge in [-0.1, -0.05) is 42.5 Å². The van der Waals surface area contributed by atoms with E-state index in [1.54, 1.807) is 0 Å². The number of nitrogens with one attached hydrogen (secondary N) is 1. The third-order valence-electron chi connectivity index (χ3n) is 4.61. The number of hydrogen-bond acceptors (Lipinski definition) is 4. The van der Waals surface area contributed by atoms with Crippen molar-refractivity contribution in [1.29, 1.82) is 0 Å². The zero-order valence-electron chi connectivity index (χ0n) is 16.6. The van der Waals surface area contributed by atoms with Crippen LogP contribution in [0.5, 0.6) is 5.75 Å². The van der Waals surface area contributed by atoms with Gasteiger partial charge in [-0.15, -0.1) is 0 Å². The summed E-state index contributed by atoms with van der Waals surface area (Å²) < 4.78 is 7.72. The van der Waals surface area contributed by atoms with E-state index >= 15 is 0 Å². The second-order valence-electron chi connectivity index (χ2n) is 7.06. The first-order chi connectivity index (χ1) is 13.6. The lowest BCUT2D eigenvalue weighted by Crippen LogP contribution is -2.32. The second kappa shape index (κ2) is 10.1. The average Bonchev–Trinajstić information content (AvgIpc) is 3.04. The lowest BCUT2D eigenvalue weighted by atomic mass is 10.1. The Labute approximate surface area is 167 Å². The number of benzene rings is 2. The van der Waals surface area contributed by atoms with Gasteiger partial charge in [0.25, 0.3) is 0 Å². The molecule has 28 heavy (non-hydrogen) atoms. The summed E-state index contributed by atoms with van der Waals surface area (Å²) in [5.41, 5.74) is 4.57. The number of ether oxygens (including phenoxy) is 1. The normalized spacial score (nSPS) is 12.1. The van der Waals surface area contributed by atoms with Crippen LogP contribution in [0.15, 0.2) is 60.7 Å². The summed E-state index contributed by atoms with van der Waals surface area (Å²) in [6.07, 6.45) is 0.429. The summed E-state index contributed by atoms with van der Waals surface area (Å²) >= 11 is 0. The van der Waals surface area contributed by atoms with Crippen molar-refractivity contribution < 1.29 is 9.84 Å². The fourth-order valence-corrected chi connectivity index (χ4v) is 3.15. The molecule has 0 aliphatic carbocycles. The number of aliphatic hydroxyl groups excluding tert-OH is 1. The first kappa shape index (κ1) is 20.1. The maximum absolute atomic E-state index is 10.1. The van der Waals surface area contributed by atoms with E-state index in [0.29, 0.717) is 6.54 Å². The van der Waals surface area contributed by atoms with Crippen LogP contribution in [-0.2, 0) is 6.54 Å². The minimum Gasteiger partial charge on any atom is -0.491 e. The molecule has 0 aliphatic heterocycles. The van der Waals surface area contributed by atoms with Crippen molar-refractivity contribution in [2.24, 2.45) is 0 Å². The zero-order valence-corrected chi connectivity index (χ0v) is 16.6. The molecule has 148 valence electrons. The van der Waals surface area contributed by atoms with Crippen LogP contribution in [0.1, 0.15) is 17.8 Å². The van der Waals surface area contributed by atoms with Crippen molar-refractivity contribution in [3.8, 4) is 16.9 Å². The van der Waals surface area contributed by atoms with Crippen molar-refractivity contribution >= 4 is 0 Å². The molecule has 2 N–H and O–H groups in total. The summed E-state index contributed by atoms with van der Waals surface area (Å²) in [6, 6.07) is 20.3. The highest BCUT2D eigenvalue weighted by Gasteiger charge is 2.06. The van der Waals surface area contributed by atoms with Crippen molar-refractivity contribution in [1.82, 2.24) is 15.1 Å². The van der Waals surface area contributed by atoms with Crippen LogP contribution in [0.4, 0.5) is 0 Å². The maximum Gasteiger partial charge on any atom is 0.119 e. The van der Waals surface area contributed by atoms with Crippen molar-refractivity contribution in [3.05, 3.63) is 72.1 Å². The maximum atomic E-state index is 10.1. The molecule has 1 unspecified atom stereocenters. The number of hydrogen-bond donors (Lipinski definition) is 2. The molecule has 0 aliphatic rings. The minimum atomic E-state index is -0.539. The van der Waals surface area contributed by atoms with E-state index in [9.17, 15) is 5.11 Å². The Morgan fingerprint density at radius 1 is 1.04 bits per heavy atom. The largest absolute Gasteiger partial charge is 0.491 e. The van der Waals surface area contributed by atoms with Gasteiger partial charge in [-0.25, -0.2) is 0 Å². The van der Waals surface area contributed by atoms with E-state index in [4.69, 9.17) is 4.74 Å². The number of aromatic nitrogens is 2. The Balaban J connectivity index is 1.33. The van der Waals surface area contributed by atoms with Crippen LogP contribution in [0, 0.1) is 13.8 Å². The quantitative estimate of drug-likeness (QED) is 0.529. The lowest BCUT2D eigenvalue weighted by Gasteiger charge is -2.14. The molecule has 0 bridgehead atoms. The van der Waals surface area contributed by atoms with Crippen LogP contribution in [0.3, 0.4) is 0 Å². The first-order valence-electron chi connectivity index (χ1n) is 9.80. The summed E-state index contributed by atoms with van der Waals surface area (Å²) in [4.78, 5) is 0.